The minimum atomic E-state index is -0.466. The number of carbonyl (C=O) groups excluding carboxylic acids is 2. The van der Waals surface area contributed by atoms with Gasteiger partial charge in [0.15, 0.2) is 4.32 Å². The molecule has 0 saturated carbocycles. The highest BCUT2D eigenvalue weighted by Crippen LogP contribution is 2.46. The first-order valence-corrected chi connectivity index (χ1v) is 9.26. The number of amides is 2. The van der Waals surface area contributed by atoms with E-state index in [4.69, 9.17) is 17.0 Å². The van der Waals surface area contributed by atoms with E-state index in [9.17, 15) is 14.7 Å². The van der Waals surface area contributed by atoms with E-state index in [-0.39, 0.29) is 16.4 Å². The van der Waals surface area contributed by atoms with E-state index < -0.39 is 12.6 Å². The van der Waals surface area contributed by atoms with Crippen molar-refractivity contribution in [3.63, 3.8) is 0 Å². The number of fused-ring (bicyclic) bond motifs is 1. The number of nitrogens with zero attached hydrogens (tertiary/aromatic N) is 2. The Morgan fingerprint density at radius 2 is 1.70 bits per heavy atom. The largest absolute Gasteiger partial charge is 0.495 e. The summed E-state index contributed by atoms with van der Waals surface area (Å²) in [6.45, 7) is -0.466. The number of hydrogen-bond donors (Lipinski definition) is 1. The number of thiocarbonyl (C=S) groups is 1. The Morgan fingerprint density at radius 1 is 1.04 bits per heavy atom. The number of benzene rings is 2. The zero-order chi connectivity index (χ0) is 19.1. The van der Waals surface area contributed by atoms with Crippen LogP contribution >= 0.6 is 24.0 Å². The molecule has 0 aliphatic carbocycles. The molecular formula is C19H14N2O4S2. The predicted molar refractivity (Wildman–Crippen MR) is 109 cm³/mol. The molecule has 0 aromatic heterocycles. The van der Waals surface area contributed by atoms with Crippen LogP contribution in [0, 0.1) is 0 Å². The molecule has 136 valence electrons. The second kappa shape index (κ2) is 6.80. The molecule has 0 atom stereocenters. The minimum Gasteiger partial charge on any atom is -0.495 e. The number of thioether (sulfide) groups is 1. The van der Waals surface area contributed by atoms with Gasteiger partial charge in [-0.2, -0.15) is 0 Å². The maximum Gasteiger partial charge on any atom is 0.271 e. The molecule has 2 aliphatic rings. The summed E-state index contributed by atoms with van der Waals surface area (Å²) in [6, 6.07) is 14.1. The van der Waals surface area contributed by atoms with E-state index in [1.807, 2.05) is 0 Å². The maximum absolute atomic E-state index is 13.2. The molecule has 1 saturated heterocycles. The Balaban J connectivity index is 1.86. The first-order valence-electron chi connectivity index (χ1n) is 8.04. The summed E-state index contributed by atoms with van der Waals surface area (Å²) < 4.78 is 5.66. The van der Waals surface area contributed by atoms with Crippen molar-refractivity contribution in [2.24, 2.45) is 0 Å². The lowest BCUT2D eigenvalue weighted by atomic mass is 10.1. The van der Waals surface area contributed by atoms with Gasteiger partial charge in [0.05, 0.1) is 29.0 Å². The molecule has 4 rings (SSSR count). The lowest BCUT2D eigenvalue weighted by molar-refractivity contribution is -0.115. The number of methoxy groups -OCH3 is 1. The molecule has 2 aromatic rings. The molecule has 8 heteroatoms. The third kappa shape index (κ3) is 2.64. The smallest absolute Gasteiger partial charge is 0.271 e. The molecule has 0 radical (unpaired) electrons. The first-order chi connectivity index (χ1) is 13.1. The van der Waals surface area contributed by atoms with Crippen LogP contribution in [0.4, 0.5) is 11.4 Å². The number of carbonyl (C=O) groups is 2. The van der Waals surface area contributed by atoms with Crippen molar-refractivity contribution in [2.75, 3.05) is 23.6 Å². The van der Waals surface area contributed by atoms with Gasteiger partial charge in [0.1, 0.15) is 12.5 Å². The number of aliphatic hydroxyl groups excluding tert-OH is 1. The fourth-order valence-electron chi connectivity index (χ4n) is 3.18. The second-order valence-corrected chi connectivity index (χ2v) is 7.42. The van der Waals surface area contributed by atoms with Crippen molar-refractivity contribution in [2.45, 2.75) is 0 Å². The van der Waals surface area contributed by atoms with Crippen LogP contribution in [-0.4, -0.2) is 35.1 Å². The van der Waals surface area contributed by atoms with Crippen LogP contribution in [0.25, 0.3) is 5.57 Å². The van der Waals surface area contributed by atoms with E-state index in [0.717, 1.165) is 11.8 Å². The Hall–Kier alpha value is -2.68. The summed E-state index contributed by atoms with van der Waals surface area (Å²) >= 11 is 6.49. The van der Waals surface area contributed by atoms with E-state index in [2.05, 4.69) is 0 Å². The van der Waals surface area contributed by atoms with Crippen LogP contribution in [0.5, 0.6) is 5.75 Å². The van der Waals surface area contributed by atoms with Gasteiger partial charge < -0.3 is 9.84 Å². The molecule has 0 spiro atoms. The molecule has 2 amide bonds. The van der Waals surface area contributed by atoms with E-state index in [1.54, 1.807) is 48.5 Å². The average Bonchev–Trinajstić information content (AvgIpc) is 3.13. The number of anilines is 2. The Bertz CT molecular complexity index is 1020. The number of ether oxygens (including phenoxy) is 1. The predicted octanol–water partition coefficient (Wildman–Crippen LogP) is 2.77. The molecule has 2 aliphatic heterocycles. The number of rotatable bonds is 3. The highest BCUT2D eigenvalue weighted by molar-refractivity contribution is 8.27. The zero-order valence-corrected chi connectivity index (χ0v) is 15.8. The van der Waals surface area contributed by atoms with Crippen molar-refractivity contribution in [3.8, 4) is 5.75 Å². The van der Waals surface area contributed by atoms with Crippen molar-refractivity contribution >= 4 is 57.1 Å². The molecular weight excluding hydrogens is 384 g/mol. The van der Waals surface area contributed by atoms with Crippen LogP contribution in [0.1, 0.15) is 5.56 Å². The van der Waals surface area contributed by atoms with Gasteiger partial charge in [-0.25, -0.2) is 0 Å². The third-order valence-corrected chi connectivity index (χ3v) is 5.76. The van der Waals surface area contributed by atoms with Crippen molar-refractivity contribution in [1.29, 1.82) is 0 Å². The summed E-state index contributed by atoms with van der Waals surface area (Å²) in [4.78, 5) is 28.9. The fourth-order valence-corrected chi connectivity index (χ4v) is 4.54. The summed E-state index contributed by atoms with van der Waals surface area (Å²) in [5.74, 6) is -0.290. The quantitative estimate of drug-likeness (QED) is 0.633. The summed E-state index contributed by atoms with van der Waals surface area (Å²) in [6.07, 6.45) is 0. The fraction of sp³-hybridized carbons (Fsp3) is 0.105. The molecule has 1 N–H and O–H groups in total. The van der Waals surface area contributed by atoms with Crippen LogP contribution < -0.4 is 14.5 Å². The van der Waals surface area contributed by atoms with Crippen LogP contribution in [-0.2, 0) is 9.59 Å². The minimum absolute atomic E-state index is 0.249. The molecule has 2 aromatic carbocycles. The highest BCUT2D eigenvalue weighted by Gasteiger charge is 2.42. The lowest BCUT2D eigenvalue weighted by Crippen LogP contribution is -2.30. The van der Waals surface area contributed by atoms with E-state index in [0.29, 0.717) is 27.0 Å². The van der Waals surface area contributed by atoms with Gasteiger partial charge in [-0.1, -0.05) is 54.3 Å². The Morgan fingerprint density at radius 3 is 2.41 bits per heavy atom. The van der Waals surface area contributed by atoms with Gasteiger partial charge in [0, 0.05) is 5.56 Å². The van der Waals surface area contributed by atoms with Gasteiger partial charge in [-0.15, -0.1) is 0 Å². The number of hydrogen-bond acceptors (Lipinski definition) is 6. The van der Waals surface area contributed by atoms with Crippen molar-refractivity contribution < 1.29 is 19.4 Å². The summed E-state index contributed by atoms with van der Waals surface area (Å²) in [5.41, 5.74) is 1.96. The van der Waals surface area contributed by atoms with Gasteiger partial charge >= 0.3 is 0 Å². The van der Waals surface area contributed by atoms with Crippen LogP contribution in [0.2, 0.25) is 0 Å². The third-order valence-electron chi connectivity index (χ3n) is 4.39. The second-order valence-electron chi connectivity index (χ2n) is 5.78. The first kappa shape index (κ1) is 17.7. The van der Waals surface area contributed by atoms with Gasteiger partial charge in [0.2, 0.25) is 0 Å². The van der Waals surface area contributed by atoms with Crippen LogP contribution in [0.3, 0.4) is 0 Å². The molecule has 2 heterocycles. The lowest BCUT2D eigenvalue weighted by Gasteiger charge is -2.17. The molecule has 0 bridgehead atoms. The average molecular weight is 398 g/mol. The molecule has 0 unspecified atom stereocenters. The Kier molecular flexibility index (Phi) is 4.47. The molecule has 1 fully saturated rings. The molecule has 6 nitrogen and oxygen atoms in total. The summed E-state index contributed by atoms with van der Waals surface area (Å²) in [7, 11) is 1.52. The topological polar surface area (TPSA) is 70.1 Å². The van der Waals surface area contributed by atoms with E-state index >= 15 is 0 Å². The standard InChI is InChI=1S/C19H14N2O4S2/c1-25-14-9-5-4-8-13(14)21-18(24)16(27-19(21)26)15-11-6-2-3-7-12(11)20(10-22)17(15)23/h2-9,22H,10H2,1H3. The summed E-state index contributed by atoms with van der Waals surface area (Å²) in [5, 5.41) is 9.60. The normalized spacial score (nSPS) is 19.1. The SMILES string of the molecule is COc1ccccc1N1C(=O)C(=C2C(=O)N(CO)c3ccccc32)SC1=S. The zero-order valence-electron chi connectivity index (χ0n) is 14.2. The van der Waals surface area contributed by atoms with Crippen molar-refractivity contribution in [1.82, 2.24) is 0 Å². The van der Waals surface area contributed by atoms with Gasteiger partial charge in [0.25, 0.3) is 11.8 Å². The monoisotopic (exact) mass is 398 g/mol. The number of aliphatic hydroxyl groups is 1. The van der Waals surface area contributed by atoms with Gasteiger partial charge in [-0.05, 0) is 18.2 Å². The number of para-hydroxylation sites is 3. The highest BCUT2D eigenvalue weighted by atomic mass is 32.2. The van der Waals surface area contributed by atoms with E-state index in [1.165, 1.54) is 16.9 Å². The van der Waals surface area contributed by atoms with Crippen molar-refractivity contribution in [3.05, 3.63) is 59.0 Å². The van der Waals surface area contributed by atoms with Gasteiger partial charge in [-0.3, -0.25) is 19.4 Å². The Labute approximate surface area is 165 Å². The van der Waals surface area contributed by atoms with Crippen LogP contribution in [0.15, 0.2) is 53.4 Å². The molecule has 27 heavy (non-hydrogen) atoms. The maximum atomic E-state index is 13.2.